The van der Waals surface area contributed by atoms with Gasteiger partial charge in [-0.15, -0.1) is 0 Å². The number of hydrogen-bond donors (Lipinski definition) is 6. The summed E-state index contributed by atoms with van der Waals surface area (Å²) < 4.78 is 34.6. The van der Waals surface area contributed by atoms with Gasteiger partial charge in [-0.25, -0.2) is 4.79 Å². The van der Waals surface area contributed by atoms with E-state index in [0.717, 1.165) is 49.9 Å². The Morgan fingerprint density at radius 1 is 0.824 bits per heavy atom. The molecule has 3 aliphatic rings. The van der Waals surface area contributed by atoms with E-state index in [1.54, 1.807) is 0 Å². The quantitative estimate of drug-likeness (QED) is 0.0572. The van der Waals surface area contributed by atoms with Gasteiger partial charge in [0.05, 0.1) is 12.6 Å². The van der Waals surface area contributed by atoms with Gasteiger partial charge in [0.25, 0.3) is 0 Å². The molecule has 22 heteroatoms. The first-order valence-electron chi connectivity index (χ1n) is 22.4. The van der Waals surface area contributed by atoms with Crippen LogP contribution in [0.5, 0.6) is 0 Å². The molecule has 2 fully saturated rings. The number of nitrogens with zero attached hydrogens (tertiary/aromatic N) is 1. The van der Waals surface area contributed by atoms with E-state index in [1.807, 2.05) is 48.5 Å². The first-order chi connectivity index (χ1) is 32.4. The zero-order valence-corrected chi connectivity index (χ0v) is 38.6. The van der Waals surface area contributed by atoms with Gasteiger partial charge in [-0.2, -0.15) is 0 Å². The molecule has 1 aliphatic carbocycles. The van der Waals surface area contributed by atoms with E-state index >= 15 is 0 Å². The maximum Gasteiger partial charge on any atom is 0.407 e. The summed E-state index contributed by atoms with van der Waals surface area (Å²) in [7, 11) is 0. The average molecular weight is 953 g/mol. The topological polar surface area (TPSA) is 307 Å². The van der Waals surface area contributed by atoms with Crippen molar-refractivity contribution < 1.29 is 76.7 Å². The van der Waals surface area contributed by atoms with Gasteiger partial charge in [-0.3, -0.25) is 38.4 Å². The number of likely N-dealkylation sites (tertiary alicyclic amines) is 1. The lowest BCUT2D eigenvalue weighted by Gasteiger charge is -2.46. The number of alkyl carbamates (subject to hydrolysis) is 1. The smallest absolute Gasteiger partial charge is 0.407 e. The Bertz CT molecular complexity index is 2140. The maximum absolute atomic E-state index is 14.8. The Balaban J connectivity index is 1.38. The molecule has 2 saturated heterocycles. The highest BCUT2D eigenvalue weighted by molar-refractivity contribution is 5.93. The molecule has 2 aromatic carbocycles. The molecular formula is C46H60N6O16. The predicted molar refractivity (Wildman–Crippen MR) is 237 cm³/mol. The number of esters is 3. The number of fused-ring (bicyclic) bond motifs is 3. The number of ether oxygens (including phenoxy) is 6. The van der Waals surface area contributed by atoms with E-state index in [-0.39, 0.29) is 38.5 Å². The number of benzene rings is 2. The Morgan fingerprint density at radius 3 is 2.06 bits per heavy atom. The lowest BCUT2D eigenvalue weighted by atomic mass is 9.95. The van der Waals surface area contributed by atoms with E-state index in [0.29, 0.717) is 19.3 Å². The van der Waals surface area contributed by atoms with Gasteiger partial charge in [0.1, 0.15) is 43.5 Å². The summed E-state index contributed by atoms with van der Waals surface area (Å²) in [5, 5.41) is 19.4. The molecule has 7 N–H and O–H groups in total. The van der Waals surface area contributed by atoms with Crippen molar-refractivity contribution in [1.29, 1.82) is 0 Å². The summed E-state index contributed by atoms with van der Waals surface area (Å²) in [6.45, 7) is 5.05. The number of nitrogens with two attached hydrogens (primary N) is 1. The van der Waals surface area contributed by atoms with Crippen LogP contribution in [-0.2, 0) is 66.8 Å². The first kappa shape index (κ1) is 52.3. The molecule has 2 aromatic rings. The van der Waals surface area contributed by atoms with Crippen molar-refractivity contribution in [1.82, 2.24) is 26.2 Å². The molecule has 370 valence electrons. The standard InChI is InChI=1S/C46H60N6O16/c1-24(65-45-39(50-25(2)53)41(67-28(5)56)40(66-27(4)55)36(68-45)23-63-26(3)54)38(51-46(62)64-22-33-31-15-8-6-13-29(31)30-14-7-9-16-32(30)33)43(59)52-20-12-18-35(52)42(58)49-21-37(57)48-19-11-10-17-34(47)44(60)61/h6-9,13-16,24,33-36,38-41,45H,10-12,17-23,47H2,1-5H3,(H,48,57)(H,49,58)(H,50,53)(H,51,62)(H,60,61)/t24-,34+,35+,36-,38+,39-,40+,41-,45-/m1/s1. The zero-order chi connectivity index (χ0) is 49.7. The number of amides is 5. The van der Waals surface area contributed by atoms with Crippen molar-refractivity contribution in [3.8, 4) is 11.1 Å². The third kappa shape index (κ3) is 14.0. The number of aliphatic carboxylic acids is 1. The third-order valence-corrected chi connectivity index (χ3v) is 11.6. The maximum atomic E-state index is 14.8. The highest BCUT2D eigenvalue weighted by Gasteiger charge is 2.53. The molecule has 0 spiro atoms. The normalized spacial score (nSPS) is 21.9. The van der Waals surface area contributed by atoms with Gasteiger partial charge in [0.2, 0.25) is 23.6 Å². The largest absolute Gasteiger partial charge is 0.480 e. The van der Waals surface area contributed by atoms with Crippen LogP contribution in [0.3, 0.4) is 0 Å². The van der Waals surface area contributed by atoms with Crippen LogP contribution in [0.15, 0.2) is 48.5 Å². The Labute approximate surface area is 392 Å². The first-order valence-corrected chi connectivity index (χ1v) is 22.4. The van der Waals surface area contributed by atoms with Gasteiger partial charge < -0.3 is 65.4 Å². The van der Waals surface area contributed by atoms with Crippen LogP contribution in [0.2, 0.25) is 0 Å². The molecule has 9 atom stereocenters. The average Bonchev–Trinajstić information content (AvgIpc) is 3.90. The molecule has 5 rings (SSSR count). The Morgan fingerprint density at radius 2 is 1.46 bits per heavy atom. The highest BCUT2D eigenvalue weighted by Crippen LogP contribution is 2.44. The summed E-state index contributed by atoms with van der Waals surface area (Å²) in [5.74, 6) is -6.48. The van der Waals surface area contributed by atoms with Gasteiger partial charge in [0, 0.05) is 46.7 Å². The minimum absolute atomic E-state index is 0.0642. The van der Waals surface area contributed by atoms with Gasteiger partial charge in [-0.1, -0.05) is 48.5 Å². The van der Waals surface area contributed by atoms with Crippen molar-refractivity contribution in [3.63, 3.8) is 0 Å². The molecule has 0 bridgehead atoms. The van der Waals surface area contributed by atoms with Gasteiger partial charge in [-0.05, 0) is 61.3 Å². The predicted octanol–water partition coefficient (Wildman–Crippen LogP) is 0.761. The van der Waals surface area contributed by atoms with E-state index in [2.05, 4.69) is 21.3 Å². The number of carbonyl (C=O) groups is 9. The number of rotatable bonds is 21. The number of carbonyl (C=O) groups excluding carboxylic acids is 8. The summed E-state index contributed by atoms with van der Waals surface area (Å²) in [5.41, 5.74) is 9.35. The van der Waals surface area contributed by atoms with Crippen molar-refractivity contribution in [2.75, 3.05) is 32.8 Å². The molecule has 2 heterocycles. The zero-order valence-electron chi connectivity index (χ0n) is 38.6. The SMILES string of the molecule is CC(=O)N[C@H]1[C@H](O[C@H](C)[C@H](NC(=O)OCC2c3ccccc3-c3ccccc32)C(=O)N2CCC[C@H]2C(=O)NCC(=O)NCCCC[C@H](N)C(=O)O)O[C@H](COC(C)=O)[C@H](OC(C)=O)[C@@H]1OC(C)=O. The molecular weight excluding hydrogens is 893 g/mol. The van der Waals surface area contributed by atoms with Crippen molar-refractivity contribution in [3.05, 3.63) is 59.7 Å². The molecule has 0 aromatic heterocycles. The Hall–Kier alpha value is -6.65. The molecule has 0 saturated carbocycles. The third-order valence-electron chi connectivity index (χ3n) is 11.6. The second-order valence-corrected chi connectivity index (χ2v) is 16.7. The fourth-order valence-corrected chi connectivity index (χ4v) is 8.51. The van der Waals surface area contributed by atoms with E-state index < -0.39 is 122 Å². The van der Waals surface area contributed by atoms with E-state index in [9.17, 15) is 43.2 Å². The number of nitrogens with one attached hydrogen (secondary N) is 4. The Kier molecular flexibility index (Phi) is 18.8. The van der Waals surface area contributed by atoms with Crippen LogP contribution in [0.25, 0.3) is 11.1 Å². The second kappa shape index (κ2) is 24.4. The molecule has 5 amide bonds. The monoisotopic (exact) mass is 952 g/mol. The number of unbranched alkanes of at least 4 members (excludes halogenated alkanes) is 1. The summed E-state index contributed by atoms with van der Waals surface area (Å²) in [6, 6.07) is 10.3. The summed E-state index contributed by atoms with van der Waals surface area (Å²) in [6.07, 6.45) is -6.62. The highest BCUT2D eigenvalue weighted by atomic mass is 16.7. The number of hydrogen-bond acceptors (Lipinski definition) is 16. The molecule has 68 heavy (non-hydrogen) atoms. The lowest BCUT2D eigenvalue weighted by molar-refractivity contribution is -0.287. The van der Waals surface area contributed by atoms with Gasteiger partial charge in [0.15, 0.2) is 18.5 Å². The van der Waals surface area contributed by atoms with Crippen LogP contribution in [0, 0.1) is 0 Å². The van der Waals surface area contributed by atoms with Crippen LogP contribution in [0.1, 0.15) is 83.8 Å². The minimum atomic E-state index is -1.63. The molecule has 0 radical (unpaired) electrons. The summed E-state index contributed by atoms with van der Waals surface area (Å²) in [4.78, 5) is 116. The van der Waals surface area contributed by atoms with Crippen LogP contribution in [-0.4, -0.2) is 151 Å². The van der Waals surface area contributed by atoms with Crippen LogP contribution < -0.4 is 27.0 Å². The number of carboxylic acids is 1. The lowest BCUT2D eigenvalue weighted by Crippen LogP contribution is -2.67. The second-order valence-electron chi connectivity index (χ2n) is 16.7. The van der Waals surface area contributed by atoms with E-state index in [4.69, 9.17) is 39.3 Å². The molecule has 22 nitrogen and oxygen atoms in total. The van der Waals surface area contributed by atoms with E-state index in [1.165, 1.54) is 11.8 Å². The van der Waals surface area contributed by atoms with Gasteiger partial charge >= 0.3 is 30.0 Å². The minimum Gasteiger partial charge on any atom is -0.480 e. The van der Waals surface area contributed by atoms with Crippen LogP contribution >= 0.6 is 0 Å². The fraction of sp³-hybridized carbons (Fsp3) is 0.543. The molecule has 0 unspecified atom stereocenters. The van der Waals surface area contributed by atoms with Crippen molar-refractivity contribution >= 4 is 53.6 Å². The summed E-state index contributed by atoms with van der Waals surface area (Å²) >= 11 is 0. The van der Waals surface area contributed by atoms with Crippen molar-refractivity contribution in [2.45, 2.75) is 128 Å². The molecule has 2 aliphatic heterocycles. The van der Waals surface area contributed by atoms with Crippen LogP contribution in [0.4, 0.5) is 4.79 Å². The van der Waals surface area contributed by atoms with Crippen molar-refractivity contribution in [2.24, 2.45) is 5.73 Å². The fourth-order valence-electron chi connectivity index (χ4n) is 8.51. The number of carboxylic acid groups (broad SMARTS) is 1.